The first-order valence-corrected chi connectivity index (χ1v) is 16.3. The number of halogens is 1. The van der Waals surface area contributed by atoms with Gasteiger partial charge in [0.2, 0.25) is 0 Å². The monoisotopic (exact) mass is 680 g/mol. The molecule has 0 radical (unpaired) electrons. The average molecular weight is 681 g/mol. The van der Waals surface area contributed by atoms with Crippen LogP contribution in [0.15, 0.2) is 18.3 Å². The molecule has 49 heavy (non-hydrogen) atoms. The summed E-state index contributed by atoms with van der Waals surface area (Å²) < 4.78 is 41.9. The molecular formula is C35H45FN6O7. The van der Waals surface area contributed by atoms with E-state index in [1.165, 1.54) is 10.6 Å². The number of anilines is 1. The van der Waals surface area contributed by atoms with Crippen molar-refractivity contribution >= 4 is 45.8 Å². The topological polar surface area (TPSA) is 153 Å². The lowest BCUT2D eigenvalue weighted by Gasteiger charge is -2.30. The lowest BCUT2D eigenvalue weighted by atomic mass is 10.1. The molecule has 14 heteroatoms. The highest BCUT2D eigenvalue weighted by Gasteiger charge is 2.40. The molecule has 2 N–H and O–H groups in total. The molecule has 0 aliphatic carbocycles. The summed E-state index contributed by atoms with van der Waals surface area (Å²) in [5.74, 6) is -1.86. The Bertz CT molecular complexity index is 1900. The van der Waals surface area contributed by atoms with Crippen LogP contribution >= 0.6 is 0 Å². The lowest BCUT2D eigenvalue weighted by Crippen LogP contribution is -2.45. The number of benzene rings is 1. The van der Waals surface area contributed by atoms with Crippen molar-refractivity contribution in [1.29, 1.82) is 0 Å². The number of carbonyl (C=O) groups is 3. The highest BCUT2D eigenvalue weighted by Crippen LogP contribution is 2.42. The number of aromatic nitrogens is 4. The molecule has 1 fully saturated rings. The molecule has 5 rings (SSSR count). The number of hydrogen-bond donors (Lipinski definition) is 1. The van der Waals surface area contributed by atoms with E-state index in [4.69, 9.17) is 29.7 Å². The second kappa shape index (κ2) is 13.4. The maximum absolute atomic E-state index is 16.1. The Morgan fingerprint density at radius 1 is 1.04 bits per heavy atom. The molecule has 1 saturated heterocycles. The van der Waals surface area contributed by atoms with Gasteiger partial charge in [-0.2, -0.15) is 10.00 Å². The van der Waals surface area contributed by atoms with Crippen LogP contribution in [0.25, 0.3) is 27.6 Å². The molecule has 1 aromatic carbocycles. The van der Waals surface area contributed by atoms with E-state index in [1.54, 1.807) is 79.4 Å². The van der Waals surface area contributed by atoms with E-state index >= 15 is 4.39 Å². The molecule has 1 atom stereocenters. The van der Waals surface area contributed by atoms with E-state index in [0.717, 1.165) is 18.4 Å². The van der Waals surface area contributed by atoms with Crippen molar-refractivity contribution in [1.82, 2.24) is 19.3 Å². The molecule has 1 unspecified atom stereocenters. The van der Waals surface area contributed by atoms with Gasteiger partial charge >= 0.3 is 12.2 Å². The number of ether oxygens (including phenoxy) is 4. The van der Waals surface area contributed by atoms with Gasteiger partial charge in [0.1, 0.15) is 28.5 Å². The van der Waals surface area contributed by atoms with Crippen LogP contribution in [0.2, 0.25) is 0 Å². The van der Waals surface area contributed by atoms with E-state index in [1.807, 2.05) is 0 Å². The van der Waals surface area contributed by atoms with E-state index < -0.39 is 41.3 Å². The summed E-state index contributed by atoms with van der Waals surface area (Å²) in [4.78, 5) is 47.3. The molecular weight excluding hydrogens is 635 g/mol. The van der Waals surface area contributed by atoms with Crippen LogP contribution in [0.1, 0.15) is 94.2 Å². The number of hydrogen-bond acceptors (Lipinski definition) is 9. The number of carbonyl (C=O) groups excluding carboxylic acids is 3. The van der Waals surface area contributed by atoms with Crippen LogP contribution in [0.3, 0.4) is 0 Å². The highest BCUT2D eigenvalue weighted by molar-refractivity contribution is 6.19. The zero-order chi connectivity index (χ0) is 36.0. The van der Waals surface area contributed by atoms with Gasteiger partial charge in [-0.15, -0.1) is 0 Å². The van der Waals surface area contributed by atoms with Gasteiger partial charge in [0.15, 0.2) is 6.23 Å². The van der Waals surface area contributed by atoms with Gasteiger partial charge in [-0.1, -0.05) is 0 Å². The van der Waals surface area contributed by atoms with Crippen molar-refractivity contribution in [3.05, 3.63) is 46.5 Å². The van der Waals surface area contributed by atoms with E-state index in [0.29, 0.717) is 47.6 Å². The fourth-order valence-electron chi connectivity index (χ4n) is 5.99. The number of pyridine rings is 1. The number of imide groups is 1. The van der Waals surface area contributed by atoms with Crippen LogP contribution in [-0.2, 0) is 25.4 Å². The largest absolute Gasteiger partial charge is 0.443 e. The molecule has 1 aliphatic heterocycles. The predicted octanol–water partition coefficient (Wildman–Crippen LogP) is 6.79. The van der Waals surface area contributed by atoms with Gasteiger partial charge in [0.25, 0.3) is 5.91 Å². The Morgan fingerprint density at radius 3 is 2.24 bits per heavy atom. The van der Waals surface area contributed by atoms with E-state index in [2.05, 4.69) is 5.10 Å². The Balaban J connectivity index is 1.95. The van der Waals surface area contributed by atoms with E-state index in [9.17, 15) is 14.4 Å². The Labute approximate surface area is 284 Å². The summed E-state index contributed by atoms with van der Waals surface area (Å²) in [6.07, 6.45) is 1.82. The van der Waals surface area contributed by atoms with Gasteiger partial charge in [0.05, 0.1) is 29.6 Å². The Hall–Kier alpha value is -4.56. The third-order valence-corrected chi connectivity index (χ3v) is 8.12. The third kappa shape index (κ3) is 7.11. The smallest absolute Gasteiger partial charge is 0.425 e. The highest BCUT2D eigenvalue weighted by atomic mass is 19.1. The summed E-state index contributed by atoms with van der Waals surface area (Å²) in [6, 6.07) is 3.10. The standard InChI is InChI=1S/C35H45FN6O7/c1-19-24(36)17-25-23(18-38-42(25)26-12-10-11-14-47-26)28(19)40-30-22(16-21(13-15-46-9)20(2)39-30)27(29(37)43)31(40)41(32(44)48-34(3,4)5)33(45)49-35(6,7)8/h16-18,26H,10-15H2,1-9H3,(H2,37,43). The van der Waals surface area contributed by atoms with Crippen molar-refractivity contribution in [3.63, 3.8) is 0 Å². The van der Waals surface area contributed by atoms with Crippen molar-refractivity contribution in [3.8, 4) is 5.69 Å². The first kappa shape index (κ1) is 35.7. The minimum atomic E-state index is -1.14. The minimum absolute atomic E-state index is 0.141. The number of nitrogens with two attached hydrogens (primary N) is 1. The van der Waals surface area contributed by atoms with E-state index in [-0.39, 0.29) is 33.7 Å². The molecule has 0 saturated carbocycles. The third-order valence-electron chi connectivity index (χ3n) is 8.12. The van der Waals surface area contributed by atoms with Crippen molar-refractivity contribution < 1.29 is 37.7 Å². The quantitative estimate of drug-likeness (QED) is 0.222. The van der Waals surface area contributed by atoms with Gasteiger partial charge < -0.3 is 24.7 Å². The number of amides is 3. The fourth-order valence-corrected chi connectivity index (χ4v) is 5.99. The lowest BCUT2D eigenvalue weighted by molar-refractivity contribution is -0.0367. The molecule has 0 spiro atoms. The SMILES string of the molecule is COCCc1cc2c(C(N)=O)c(N(C(=O)OC(C)(C)C)C(=O)OC(C)(C)C)n(-c3c(C)c(F)cc4c3cnn4C3CCCCO3)c2nc1C. The first-order chi connectivity index (χ1) is 22.9. The van der Waals surface area contributed by atoms with Gasteiger partial charge in [-0.3, -0.25) is 9.36 Å². The molecule has 4 heterocycles. The number of primary amides is 1. The second-order valence-electron chi connectivity index (χ2n) is 14.2. The fraction of sp³-hybridized carbons (Fsp3) is 0.514. The number of aryl methyl sites for hydroxylation is 1. The number of nitrogens with zero attached hydrogens (tertiary/aromatic N) is 5. The van der Waals surface area contributed by atoms with Gasteiger partial charge in [0, 0.05) is 41.8 Å². The van der Waals surface area contributed by atoms with Crippen LogP contribution in [0.4, 0.5) is 19.8 Å². The molecule has 4 aromatic rings. The van der Waals surface area contributed by atoms with Crippen LogP contribution in [-0.4, -0.2) is 69.0 Å². The maximum Gasteiger partial charge on any atom is 0.425 e. The van der Waals surface area contributed by atoms with Crippen LogP contribution in [0, 0.1) is 19.7 Å². The molecule has 3 aromatic heterocycles. The van der Waals surface area contributed by atoms with Crippen molar-refractivity contribution in [2.24, 2.45) is 5.73 Å². The number of fused-ring (bicyclic) bond motifs is 2. The minimum Gasteiger partial charge on any atom is -0.443 e. The normalized spacial score (nSPS) is 15.5. The predicted molar refractivity (Wildman–Crippen MR) is 182 cm³/mol. The number of rotatable bonds is 7. The summed E-state index contributed by atoms with van der Waals surface area (Å²) in [5.41, 5.74) is 5.98. The van der Waals surface area contributed by atoms with Crippen molar-refractivity contribution in [2.45, 2.75) is 98.5 Å². The molecule has 0 bridgehead atoms. The zero-order valence-electron chi connectivity index (χ0n) is 29.6. The summed E-state index contributed by atoms with van der Waals surface area (Å²) in [7, 11) is 1.57. The van der Waals surface area contributed by atoms with Gasteiger partial charge in [-0.25, -0.2) is 23.6 Å². The van der Waals surface area contributed by atoms with Crippen LogP contribution < -0.4 is 10.6 Å². The molecule has 13 nitrogen and oxygen atoms in total. The summed E-state index contributed by atoms with van der Waals surface area (Å²) in [6.45, 7) is 14.1. The maximum atomic E-state index is 16.1. The molecule has 264 valence electrons. The zero-order valence-corrected chi connectivity index (χ0v) is 29.6. The molecule has 3 amide bonds. The van der Waals surface area contributed by atoms with Crippen LogP contribution in [0.5, 0.6) is 0 Å². The summed E-state index contributed by atoms with van der Waals surface area (Å²) >= 11 is 0. The Morgan fingerprint density at radius 2 is 1.69 bits per heavy atom. The summed E-state index contributed by atoms with van der Waals surface area (Å²) in [5, 5.41) is 5.29. The molecule has 1 aliphatic rings. The second-order valence-corrected chi connectivity index (χ2v) is 14.2. The average Bonchev–Trinajstić information content (AvgIpc) is 3.54. The Kier molecular flexibility index (Phi) is 9.77. The number of methoxy groups -OCH3 is 1. The van der Waals surface area contributed by atoms with Crippen molar-refractivity contribution in [2.75, 3.05) is 25.2 Å². The van der Waals surface area contributed by atoms with Gasteiger partial charge in [-0.05, 0) is 92.7 Å². The first-order valence-electron chi connectivity index (χ1n) is 16.3.